The van der Waals surface area contributed by atoms with Crippen LogP contribution in [0.15, 0.2) is 22.0 Å². The van der Waals surface area contributed by atoms with Crippen LogP contribution in [0.25, 0.3) is 10.6 Å². The second kappa shape index (κ2) is 5.03. The van der Waals surface area contributed by atoms with Crippen molar-refractivity contribution in [2.45, 2.75) is 13.0 Å². The SMILES string of the molecule is CNCc1nc(-c2ccc3c(c2)CC(=O)N3)sc1Br. The van der Waals surface area contributed by atoms with Crippen LogP contribution in [-0.2, 0) is 17.8 Å². The number of fused-ring (bicyclic) bond motifs is 1. The van der Waals surface area contributed by atoms with Crippen molar-refractivity contribution in [3.63, 3.8) is 0 Å². The Morgan fingerprint density at radius 2 is 2.37 bits per heavy atom. The molecule has 1 aliphatic heterocycles. The summed E-state index contributed by atoms with van der Waals surface area (Å²) in [6.07, 6.45) is 0.457. The maximum absolute atomic E-state index is 11.4. The van der Waals surface area contributed by atoms with Crippen LogP contribution in [-0.4, -0.2) is 17.9 Å². The molecule has 0 radical (unpaired) electrons. The van der Waals surface area contributed by atoms with Gasteiger partial charge in [0.15, 0.2) is 0 Å². The number of carbonyl (C=O) groups excluding carboxylic acids is 1. The molecule has 2 N–H and O–H groups in total. The Labute approximate surface area is 123 Å². The van der Waals surface area contributed by atoms with Gasteiger partial charge in [-0.1, -0.05) is 0 Å². The van der Waals surface area contributed by atoms with Crippen molar-refractivity contribution < 1.29 is 4.79 Å². The number of thiazole rings is 1. The smallest absolute Gasteiger partial charge is 0.228 e. The molecule has 1 aliphatic rings. The van der Waals surface area contributed by atoms with Crippen LogP contribution in [0, 0.1) is 0 Å². The number of rotatable bonds is 3. The number of carbonyl (C=O) groups is 1. The Balaban J connectivity index is 1.97. The number of anilines is 1. The molecule has 0 spiro atoms. The summed E-state index contributed by atoms with van der Waals surface area (Å²) in [5.74, 6) is 0.0586. The summed E-state index contributed by atoms with van der Waals surface area (Å²) in [5, 5.41) is 6.91. The van der Waals surface area contributed by atoms with Crippen molar-refractivity contribution in [2.24, 2.45) is 0 Å². The van der Waals surface area contributed by atoms with Gasteiger partial charge in [0.2, 0.25) is 5.91 Å². The minimum Gasteiger partial charge on any atom is -0.326 e. The van der Waals surface area contributed by atoms with E-state index in [-0.39, 0.29) is 5.91 Å². The second-order valence-electron chi connectivity index (χ2n) is 4.37. The van der Waals surface area contributed by atoms with Gasteiger partial charge >= 0.3 is 0 Å². The van der Waals surface area contributed by atoms with Crippen LogP contribution in [0.3, 0.4) is 0 Å². The first-order chi connectivity index (χ1) is 9.17. The molecule has 19 heavy (non-hydrogen) atoms. The monoisotopic (exact) mass is 337 g/mol. The molecular weight excluding hydrogens is 326 g/mol. The number of hydrogen-bond donors (Lipinski definition) is 2. The lowest BCUT2D eigenvalue weighted by molar-refractivity contribution is -0.115. The van der Waals surface area contributed by atoms with E-state index in [1.807, 2.05) is 25.2 Å². The van der Waals surface area contributed by atoms with Crippen molar-refractivity contribution >= 4 is 38.9 Å². The van der Waals surface area contributed by atoms with Gasteiger partial charge in [-0.25, -0.2) is 4.98 Å². The van der Waals surface area contributed by atoms with E-state index in [0.29, 0.717) is 6.42 Å². The summed E-state index contributed by atoms with van der Waals surface area (Å²) >= 11 is 5.15. The van der Waals surface area contributed by atoms with Crippen LogP contribution < -0.4 is 10.6 Å². The fourth-order valence-electron chi connectivity index (χ4n) is 2.10. The summed E-state index contributed by atoms with van der Waals surface area (Å²) in [6.45, 7) is 0.738. The molecule has 1 aromatic carbocycles. The average Bonchev–Trinajstić information content (AvgIpc) is 2.91. The van der Waals surface area contributed by atoms with Crippen molar-refractivity contribution in [2.75, 3.05) is 12.4 Å². The standard InChI is InChI=1S/C13H12BrN3OS/c1-15-6-10-12(14)19-13(17-10)7-2-3-9-8(4-7)5-11(18)16-9/h2-4,15H,5-6H2,1H3,(H,16,18). The van der Waals surface area contributed by atoms with Gasteiger partial charge in [-0.05, 0) is 46.7 Å². The van der Waals surface area contributed by atoms with Gasteiger partial charge < -0.3 is 10.6 Å². The summed E-state index contributed by atoms with van der Waals surface area (Å²) in [5.41, 5.74) is 4.03. The van der Waals surface area contributed by atoms with E-state index in [1.165, 1.54) is 0 Å². The first-order valence-corrected chi connectivity index (χ1v) is 7.51. The van der Waals surface area contributed by atoms with Crippen molar-refractivity contribution in [1.29, 1.82) is 0 Å². The highest BCUT2D eigenvalue weighted by molar-refractivity contribution is 9.11. The van der Waals surface area contributed by atoms with Crippen LogP contribution in [0.4, 0.5) is 5.69 Å². The topological polar surface area (TPSA) is 54.0 Å². The first kappa shape index (κ1) is 12.8. The molecule has 1 aromatic heterocycles. The molecule has 2 aromatic rings. The maximum Gasteiger partial charge on any atom is 0.228 e. The zero-order valence-electron chi connectivity index (χ0n) is 10.3. The summed E-state index contributed by atoms with van der Waals surface area (Å²) in [7, 11) is 1.90. The van der Waals surface area contributed by atoms with E-state index < -0.39 is 0 Å². The molecule has 0 saturated heterocycles. The quantitative estimate of drug-likeness (QED) is 0.905. The number of benzene rings is 1. The predicted octanol–water partition coefficient (Wildman–Crippen LogP) is 2.79. The molecule has 0 atom stereocenters. The molecule has 1 amide bonds. The van der Waals surface area contributed by atoms with Gasteiger partial charge in [0.1, 0.15) is 5.01 Å². The third kappa shape index (κ3) is 2.43. The highest BCUT2D eigenvalue weighted by Crippen LogP contribution is 2.34. The van der Waals surface area contributed by atoms with E-state index >= 15 is 0 Å². The van der Waals surface area contributed by atoms with E-state index in [2.05, 4.69) is 31.5 Å². The van der Waals surface area contributed by atoms with Crippen molar-refractivity contribution in [3.8, 4) is 10.6 Å². The van der Waals surface area contributed by atoms with Gasteiger partial charge in [0.25, 0.3) is 0 Å². The van der Waals surface area contributed by atoms with E-state index in [9.17, 15) is 4.79 Å². The van der Waals surface area contributed by atoms with E-state index in [1.54, 1.807) is 11.3 Å². The molecule has 0 fully saturated rings. The van der Waals surface area contributed by atoms with Gasteiger partial charge in [0.05, 0.1) is 15.9 Å². The number of amides is 1. The Morgan fingerprint density at radius 3 is 3.16 bits per heavy atom. The van der Waals surface area contributed by atoms with E-state index in [4.69, 9.17) is 0 Å². The first-order valence-electron chi connectivity index (χ1n) is 5.90. The van der Waals surface area contributed by atoms with Crippen LogP contribution >= 0.6 is 27.3 Å². The Hall–Kier alpha value is -1.24. The highest BCUT2D eigenvalue weighted by atomic mass is 79.9. The summed E-state index contributed by atoms with van der Waals surface area (Å²) < 4.78 is 1.05. The molecule has 0 saturated carbocycles. The third-order valence-electron chi connectivity index (χ3n) is 2.97. The molecule has 0 bridgehead atoms. The van der Waals surface area contributed by atoms with Gasteiger partial charge in [0, 0.05) is 17.8 Å². The summed E-state index contributed by atoms with van der Waals surface area (Å²) in [6, 6.07) is 5.99. The molecule has 4 nitrogen and oxygen atoms in total. The second-order valence-corrected chi connectivity index (χ2v) is 6.68. The Kier molecular flexibility index (Phi) is 3.38. The molecule has 0 unspecified atom stereocenters. The molecule has 0 aliphatic carbocycles. The number of nitrogens with one attached hydrogen (secondary N) is 2. The largest absolute Gasteiger partial charge is 0.326 e. The average molecular weight is 338 g/mol. The molecule has 3 rings (SSSR count). The number of halogens is 1. The number of hydrogen-bond acceptors (Lipinski definition) is 4. The lowest BCUT2D eigenvalue weighted by Crippen LogP contribution is -2.05. The lowest BCUT2D eigenvalue weighted by atomic mass is 10.1. The zero-order chi connectivity index (χ0) is 13.4. The zero-order valence-corrected chi connectivity index (χ0v) is 12.7. The van der Waals surface area contributed by atoms with Crippen LogP contribution in [0.2, 0.25) is 0 Å². The third-order valence-corrected chi connectivity index (χ3v) is 4.85. The molecule has 98 valence electrons. The maximum atomic E-state index is 11.4. The molecular formula is C13H12BrN3OS. The number of nitrogens with zero attached hydrogens (tertiary/aromatic N) is 1. The molecule has 6 heteroatoms. The van der Waals surface area contributed by atoms with Crippen molar-refractivity contribution in [3.05, 3.63) is 33.2 Å². The number of aromatic nitrogens is 1. The highest BCUT2D eigenvalue weighted by Gasteiger charge is 2.19. The van der Waals surface area contributed by atoms with Gasteiger partial charge in [-0.15, -0.1) is 11.3 Å². The van der Waals surface area contributed by atoms with Crippen LogP contribution in [0.5, 0.6) is 0 Å². The predicted molar refractivity (Wildman–Crippen MR) is 80.3 cm³/mol. The Bertz CT molecular complexity index is 653. The molecule has 2 heterocycles. The normalized spacial score (nSPS) is 13.5. The van der Waals surface area contributed by atoms with Gasteiger partial charge in [-0.2, -0.15) is 0 Å². The van der Waals surface area contributed by atoms with E-state index in [0.717, 1.165) is 37.8 Å². The van der Waals surface area contributed by atoms with Gasteiger partial charge in [-0.3, -0.25) is 4.79 Å². The minimum absolute atomic E-state index is 0.0586. The fraction of sp³-hybridized carbons (Fsp3) is 0.231. The Morgan fingerprint density at radius 1 is 1.53 bits per heavy atom. The minimum atomic E-state index is 0.0586. The lowest BCUT2D eigenvalue weighted by Gasteiger charge is -2.01. The summed E-state index contributed by atoms with van der Waals surface area (Å²) in [4.78, 5) is 16.0. The van der Waals surface area contributed by atoms with Crippen molar-refractivity contribution in [1.82, 2.24) is 10.3 Å². The van der Waals surface area contributed by atoms with Crippen LogP contribution in [0.1, 0.15) is 11.3 Å². The fourth-order valence-corrected chi connectivity index (χ4v) is 3.59.